The van der Waals surface area contributed by atoms with Gasteiger partial charge >= 0.3 is 0 Å². The number of nitrogens with zero attached hydrogens (tertiary/aromatic N) is 3. The van der Waals surface area contributed by atoms with Crippen molar-refractivity contribution < 1.29 is 9.53 Å². The number of hydrogen-bond acceptors (Lipinski definition) is 4. The molecule has 18 heavy (non-hydrogen) atoms. The van der Waals surface area contributed by atoms with E-state index < -0.39 is 0 Å². The van der Waals surface area contributed by atoms with Gasteiger partial charge in [-0.1, -0.05) is 0 Å². The standard InChI is InChI=1S/C13H13N3O2/c1-10-11(7-15-16(10)2)8-18-13-5-3-12(4-6-13)14-9-17/h3-7H,8H2,1-2H3. The van der Waals surface area contributed by atoms with Crippen molar-refractivity contribution in [1.82, 2.24) is 9.78 Å². The lowest BCUT2D eigenvalue weighted by Gasteiger charge is -2.05. The number of aryl methyl sites for hydroxylation is 1. The molecule has 1 heterocycles. The van der Waals surface area contributed by atoms with Crippen LogP contribution in [0.25, 0.3) is 0 Å². The normalized spacial score (nSPS) is 9.89. The maximum absolute atomic E-state index is 10.1. The van der Waals surface area contributed by atoms with Crippen molar-refractivity contribution in [3.63, 3.8) is 0 Å². The number of isocyanates is 1. The molecular weight excluding hydrogens is 230 g/mol. The molecule has 0 unspecified atom stereocenters. The van der Waals surface area contributed by atoms with Gasteiger partial charge < -0.3 is 4.74 Å². The Kier molecular flexibility index (Phi) is 3.55. The summed E-state index contributed by atoms with van der Waals surface area (Å²) >= 11 is 0. The fourth-order valence-corrected chi connectivity index (χ4v) is 1.52. The lowest BCUT2D eigenvalue weighted by atomic mass is 10.3. The Morgan fingerprint density at radius 1 is 1.39 bits per heavy atom. The Morgan fingerprint density at radius 2 is 2.11 bits per heavy atom. The first-order valence-corrected chi connectivity index (χ1v) is 5.49. The van der Waals surface area contributed by atoms with E-state index in [4.69, 9.17) is 4.74 Å². The van der Waals surface area contributed by atoms with Crippen LogP contribution in [0.4, 0.5) is 5.69 Å². The molecule has 0 fully saturated rings. The second kappa shape index (κ2) is 5.29. The lowest BCUT2D eigenvalue weighted by Crippen LogP contribution is -1.98. The highest BCUT2D eigenvalue weighted by atomic mass is 16.5. The molecule has 92 valence electrons. The Hall–Kier alpha value is -2.39. The molecule has 2 rings (SSSR count). The number of hydrogen-bond donors (Lipinski definition) is 0. The second-order valence-corrected chi connectivity index (χ2v) is 3.86. The van der Waals surface area contributed by atoms with Gasteiger partial charge in [0.1, 0.15) is 12.4 Å². The number of aromatic nitrogens is 2. The van der Waals surface area contributed by atoms with Gasteiger partial charge in [0.25, 0.3) is 0 Å². The third kappa shape index (κ3) is 2.64. The van der Waals surface area contributed by atoms with Gasteiger partial charge in [0.05, 0.1) is 11.9 Å². The molecule has 0 aliphatic heterocycles. The van der Waals surface area contributed by atoms with Crippen LogP contribution in [0.1, 0.15) is 11.3 Å². The van der Waals surface area contributed by atoms with Gasteiger partial charge in [-0.25, -0.2) is 4.79 Å². The summed E-state index contributed by atoms with van der Waals surface area (Å²) in [4.78, 5) is 13.6. The molecule has 0 spiro atoms. The fraction of sp³-hybridized carbons (Fsp3) is 0.231. The first-order chi connectivity index (χ1) is 8.70. The molecule has 1 aromatic carbocycles. The monoisotopic (exact) mass is 243 g/mol. The van der Waals surface area contributed by atoms with Crippen molar-refractivity contribution >= 4 is 11.8 Å². The van der Waals surface area contributed by atoms with Crippen LogP contribution in [0.5, 0.6) is 5.75 Å². The van der Waals surface area contributed by atoms with Crippen molar-refractivity contribution in [2.45, 2.75) is 13.5 Å². The summed E-state index contributed by atoms with van der Waals surface area (Å²) in [7, 11) is 1.89. The van der Waals surface area contributed by atoms with E-state index in [9.17, 15) is 4.79 Å². The largest absolute Gasteiger partial charge is 0.489 e. The zero-order chi connectivity index (χ0) is 13.0. The quantitative estimate of drug-likeness (QED) is 0.611. The van der Waals surface area contributed by atoms with E-state index in [2.05, 4.69) is 10.1 Å². The number of rotatable bonds is 4. The maximum atomic E-state index is 10.1. The van der Waals surface area contributed by atoms with E-state index in [1.807, 2.05) is 14.0 Å². The summed E-state index contributed by atoms with van der Waals surface area (Å²) in [5.41, 5.74) is 2.69. The minimum absolute atomic E-state index is 0.468. The molecule has 0 atom stereocenters. The molecule has 0 saturated heterocycles. The van der Waals surface area contributed by atoms with Crippen molar-refractivity contribution in [3.8, 4) is 5.75 Å². The van der Waals surface area contributed by atoms with Crippen molar-refractivity contribution in [2.24, 2.45) is 12.0 Å². The molecule has 0 N–H and O–H groups in total. The summed E-state index contributed by atoms with van der Waals surface area (Å²) < 4.78 is 7.43. The number of benzene rings is 1. The number of ether oxygens (including phenoxy) is 1. The molecule has 0 saturated carbocycles. The lowest BCUT2D eigenvalue weighted by molar-refractivity contribution is 0.305. The summed E-state index contributed by atoms with van der Waals surface area (Å²) in [5.74, 6) is 0.725. The predicted molar refractivity (Wildman–Crippen MR) is 66.5 cm³/mol. The highest BCUT2D eigenvalue weighted by Crippen LogP contribution is 2.19. The van der Waals surface area contributed by atoms with Crippen LogP contribution >= 0.6 is 0 Å². The van der Waals surface area contributed by atoms with Crippen LogP contribution in [-0.4, -0.2) is 15.9 Å². The molecule has 5 nitrogen and oxygen atoms in total. The highest BCUT2D eigenvalue weighted by molar-refractivity contribution is 5.50. The highest BCUT2D eigenvalue weighted by Gasteiger charge is 2.04. The zero-order valence-corrected chi connectivity index (χ0v) is 10.3. The van der Waals surface area contributed by atoms with Gasteiger partial charge in [-0.15, -0.1) is 0 Å². The maximum Gasteiger partial charge on any atom is 0.240 e. The third-order valence-electron chi connectivity index (χ3n) is 2.74. The fourth-order valence-electron chi connectivity index (χ4n) is 1.52. The smallest absolute Gasteiger partial charge is 0.240 e. The molecule has 1 aromatic heterocycles. The van der Waals surface area contributed by atoms with Gasteiger partial charge in [-0.2, -0.15) is 10.1 Å². The van der Waals surface area contributed by atoms with E-state index in [1.165, 1.54) is 6.08 Å². The molecule has 2 aromatic rings. The Bertz CT molecular complexity index is 581. The summed E-state index contributed by atoms with van der Waals surface area (Å²) in [6, 6.07) is 6.94. The van der Waals surface area contributed by atoms with E-state index in [-0.39, 0.29) is 0 Å². The van der Waals surface area contributed by atoms with Crippen molar-refractivity contribution in [3.05, 3.63) is 41.7 Å². The van der Waals surface area contributed by atoms with Crippen LogP contribution < -0.4 is 4.74 Å². The van der Waals surface area contributed by atoms with Crippen LogP contribution in [0, 0.1) is 6.92 Å². The summed E-state index contributed by atoms with van der Waals surface area (Å²) in [5, 5.41) is 4.15. The summed E-state index contributed by atoms with van der Waals surface area (Å²) in [6.45, 7) is 2.46. The first kappa shape index (κ1) is 12.1. The van der Waals surface area contributed by atoms with Gasteiger partial charge in [0.2, 0.25) is 6.08 Å². The molecule has 0 aliphatic rings. The third-order valence-corrected chi connectivity index (χ3v) is 2.74. The molecule has 5 heteroatoms. The van der Waals surface area contributed by atoms with Crippen LogP contribution in [-0.2, 0) is 18.4 Å². The molecule has 0 radical (unpaired) electrons. The Labute approximate surface area is 105 Å². The van der Waals surface area contributed by atoms with Crippen LogP contribution in [0.2, 0.25) is 0 Å². The van der Waals surface area contributed by atoms with Crippen LogP contribution in [0.3, 0.4) is 0 Å². The van der Waals surface area contributed by atoms with Gasteiger partial charge in [-0.05, 0) is 31.2 Å². The molecule has 0 bridgehead atoms. The minimum atomic E-state index is 0.468. The van der Waals surface area contributed by atoms with Crippen molar-refractivity contribution in [2.75, 3.05) is 0 Å². The van der Waals surface area contributed by atoms with Crippen molar-refractivity contribution in [1.29, 1.82) is 0 Å². The zero-order valence-electron chi connectivity index (χ0n) is 10.3. The predicted octanol–water partition coefficient (Wildman–Crippen LogP) is 2.27. The van der Waals surface area contributed by atoms with Gasteiger partial charge in [0, 0.05) is 18.3 Å². The second-order valence-electron chi connectivity index (χ2n) is 3.86. The van der Waals surface area contributed by atoms with E-state index in [0.29, 0.717) is 12.3 Å². The van der Waals surface area contributed by atoms with Crippen LogP contribution in [0.15, 0.2) is 35.5 Å². The molecular formula is C13H13N3O2. The van der Waals surface area contributed by atoms with Gasteiger partial charge in [-0.3, -0.25) is 4.68 Å². The topological polar surface area (TPSA) is 56.5 Å². The number of carbonyl (C=O) groups excluding carboxylic acids is 1. The summed E-state index contributed by atoms with van der Waals surface area (Å²) in [6.07, 6.45) is 3.29. The minimum Gasteiger partial charge on any atom is -0.489 e. The average molecular weight is 243 g/mol. The first-order valence-electron chi connectivity index (χ1n) is 5.49. The SMILES string of the molecule is Cc1c(COc2ccc(N=C=O)cc2)cnn1C. The van der Waals surface area contributed by atoms with E-state index in [0.717, 1.165) is 17.0 Å². The number of aliphatic imine (C=N–C) groups is 1. The van der Waals surface area contributed by atoms with E-state index in [1.54, 1.807) is 35.1 Å². The molecule has 0 aliphatic carbocycles. The Morgan fingerprint density at radius 3 is 2.67 bits per heavy atom. The average Bonchev–Trinajstić information content (AvgIpc) is 2.70. The van der Waals surface area contributed by atoms with Gasteiger partial charge in [0.15, 0.2) is 0 Å². The molecule has 0 amide bonds. The Balaban J connectivity index is 2.02. The van der Waals surface area contributed by atoms with E-state index >= 15 is 0 Å².